The van der Waals surface area contributed by atoms with Crippen LogP contribution in [-0.4, -0.2) is 10.6 Å². The van der Waals surface area contributed by atoms with Gasteiger partial charge in [0.05, 0.1) is 0 Å². The van der Waals surface area contributed by atoms with Crippen molar-refractivity contribution >= 4 is 37.6 Å². The number of ketones is 1. The fourth-order valence-electron chi connectivity index (χ4n) is 3.42. The Morgan fingerprint density at radius 2 is 2.25 bits per heavy atom. The predicted molar refractivity (Wildman–Crippen MR) is 71.7 cm³/mol. The van der Waals surface area contributed by atoms with Crippen molar-refractivity contribution in [3.05, 3.63) is 34.4 Å². The normalized spacial score (nSPS) is 44.1. The van der Waals surface area contributed by atoms with E-state index in [1.54, 1.807) is 6.92 Å². The molecule has 1 saturated carbocycles. The summed E-state index contributed by atoms with van der Waals surface area (Å²) in [6, 6.07) is 0. The Bertz CT molecular complexity index is 461. The first kappa shape index (κ1) is 11.0. The molecule has 0 heterocycles. The van der Waals surface area contributed by atoms with E-state index >= 15 is 0 Å². The highest BCUT2D eigenvalue weighted by molar-refractivity contribution is 9.12. The molecule has 0 N–H and O–H groups in total. The highest BCUT2D eigenvalue weighted by Crippen LogP contribution is 2.66. The summed E-state index contributed by atoms with van der Waals surface area (Å²) in [5.41, 5.74) is 0.999. The molecule has 3 rings (SSSR count). The zero-order chi connectivity index (χ0) is 11.5. The van der Waals surface area contributed by atoms with Crippen LogP contribution in [0.3, 0.4) is 0 Å². The first-order valence-corrected chi connectivity index (χ1v) is 7.21. The van der Waals surface area contributed by atoms with E-state index in [2.05, 4.69) is 56.2 Å². The average Bonchev–Trinajstić information content (AvgIpc) is 2.64. The molecular formula is C13H12Br2O. The molecule has 4 unspecified atom stereocenters. The fourth-order valence-corrected chi connectivity index (χ4v) is 6.18. The number of fused-ring (bicyclic) bond motifs is 1. The van der Waals surface area contributed by atoms with E-state index in [0.29, 0.717) is 16.7 Å². The van der Waals surface area contributed by atoms with Crippen molar-refractivity contribution in [2.75, 3.05) is 0 Å². The van der Waals surface area contributed by atoms with Gasteiger partial charge in [-0.2, -0.15) is 0 Å². The number of alkyl halides is 1. The first-order chi connectivity index (χ1) is 7.59. The van der Waals surface area contributed by atoms with Crippen molar-refractivity contribution < 1.29 is 4.79 Å². The summed E-state index contributed by atoms with van der Waals surface area (Å²) < 4.78 is 1.11. The molecule has 0 saturated heterocycles. The highest BCUT2D eigenvalue weighted by Gasteiger charge is 2.61. The molecule has 0 aromatic carbocycles. The Labute approximate surface area is 112 Å². The molecule has 16 heavy (non-hydrogen) atoms. The number of allylic oxidation sites excluding steroid dienone is 6. The second kappa shape index (κ2) is 3.42. The first-order valence-electron chi connectivity index (χ1n) is 5.50. The lowest BCUT2D eigenvalue weighted by Crippen LogP contribution is -2.29. The third-order valence-corrected chi connectivity index (χ3v) is 6.63. The Morgan fingerprint density at radius 3 is 2.94 bits per heavy atom. The van der Waals surface area contributed by atoms with E-state index in [1.165, 1.54) is 0 Å². The Hall–Kier alpha value is -0.150. The summed E-state index contributed by atoms with van der Waals surface area (Å²) in [6.45, 7) is 1.67. The van der Waals surface area contributed by atoms with Crippen LogP contribution >= 0.6 is 31.9 Å². The molecule has 0 amide bonds. The van der Waals surface area contributed by atoms with Gasteiger partial charge in [0.2, 0.25) is 0 Å². The SMILES string of the molecule is CC(=O)C1=C(Br)C23C=CC=CC2CC1C3Br. The maximum atomic E-state index is 11.7. The van der Waals surface area contributed by atoms with Gasteiger partial charge in [0, 0.05) is 26.2 Å². The summed E-state index contributed by atoms with van der Waals surface area (Å²) >= 11 is 7.48. The molecule has 1 nitrogen and oxygen atoms in total. The van der Waals surface area contributed by atoms with Crippen LogP contribution in [0.1, 0.15) is 13.3 Å². The third kappa shape index (κ3) is 1.09. The molecule has 0 aromatic heterocycles. The Kier molecular flexibility index (Phi) is 2.35. The number of rotatable bonds is 1. The van der Waals surface area contributed by atoms with Crippen LogP contribution in [0.2, 0.25) is 0 Å². The highest BCUT2D eigenvalue weighted by atomic mass is 79.9. The molecular weight excluding hydrogens is 332 g/mol. The summed E-state index contributed by atoms with van der Waals surface area (Å²) in [7, 11) is 0. The van der Waals surface area contributed by atoms with Crippen molar-refractivity contribution in [3.63, 3.8) is 0 Å². The van der Waals surface area contributed by atoms with Crippen molar-refractivity contribution in [2.45, 2.75) is 18.2 Å². The fraction of sp³-hybridized carbons (Fsp3) is 0.462. The van der Waals surface area contributed by atoms with Gasteiger partial charge in [0.1, 0.15) is 0 Å². The molecule has 1 spiro atoms. The zero-order valence-corrected chi connectivity index (χ0v) is 12.1. The average molecular weight is 344 g/mol. The number of halogens is 2. The molecule has 3 aliphatic rings. The van der Waals surface area contributed by atoms with Gasteiger partial charge < -0.3 is 0 Å². The summed E-state index contributed by atoms with van der Waals surface area (Å²) in [6.07, 6.45) is 9.81. The van der Waals surface area contributed by atoms with Crippen LogP contribution in [0.25, 0.3) is 0 Å². The van der Waals surface area contributed by atoms with E-state index < -0.39 is 0 Å². The van der Waals surface area contributed by atoms with E-state index in [0.717, 1.165) is 16.5 Å². The van der Waals surface area contributed by atoms with E-state index in [4.69, 9.17) is 0 Å². The molecule has 0 aliphatic heterocycles. The number of carbonyl (C=O) groups is 1. The Balaban J connectivity index is 2.20. The standard InChI is InChI=1S/C13H12Br2O/c1-7(16)10-9-6-8-4-2-3-5-13(8,11(9)14)12(10)15/h2-5,8-9,11H,6H2,1H3. The quantitative estimate of drug-likeness (QED) is 0.663. The molecule has 84 valence electrons. The number of carbonyl (C=O) groups excluding carboxylic acids is 1. The third-order valence-electron chi connectivity index (χ3n) is 4.12. The van der Waals surface area contributed by atoms with Crippen molar-refractivity contribution in [3.8, 4) is 0 Å². The van der Waals surface area contributed by atoms with Gasteiger partial charge in [-0.25, -0.2) is 0 Å². The number of hydrogen-bond acceptors (Lipinski definition) is 1. The minimum absolute atomic E-state index is 0.000417. The van der Waals surface area contributed by atoms with E-state index in [1.807, 2.05) is 0 Å². The molecule has 0 aromatic rings. The zero-order valence-electron chi connectivity index (χ0n) is 8.91. The second-order valence-electron chi connectivity index (χ2n) is 4.81. The van der Waals surface area contributed by atoms with Gasteiger partial charge in [0.15, 0.2) is 5.78 Å². The molecule has 3 aliphatic carbocycles. The van der Waals surface area contributed by atoms with Crippen LogP contribution in [0.4, 0.5) is 0 Å². The van der Waals surface area contributed by atoms with Gasteiger partial charge in [-0.15, -0.1) is 0 Å². The van der Waals surface area contributed by atoms with Crippen LogP contribution in [0.5, 0.6) is 0 Å². The summed E-state index contributed by atoms with van der Waals surface area (Å²) in [5, 5.41) is 0. The Morgan fingerprint density at radius 1 is 1.50 bits per heavy atom. The van der Waals surface area contributed by atoms with E-state index in [-0.39, 0.29) is 11.2 Å². The van der Waals surface area contributed by atoms with Crippen LogP contribution in [0.15, 0.2) is 34.4 Å². The lowest BCUT2D eigenvalue weighted by molar-refractivity contribution is -0.114. The van der Waals surface area contributed by atoms with Gasteiger partial charge >= 0.3 is 0 Å². The number of Topliss-reactive ketones (excluding diaryl/α,β-unsaturated/α-hetero) is 1. The maximum absolute atomic E-state index is 11.7. The monoisotopic (exact) mass is 342 g/mol. The molecule has 3 heteroatoms. The van der Waals surface area contributed by atoms with Crippen LogP contribution in [-0.2, 0) is 4.79 Å². The molecule has 0 radical (unpaired) electrons. The minimum atomic E-state index is 0.000417. The molecule has 4 atom stereocenters. The van der Waals surface area contributed by atoms with Crippen LogP contribution < -0.4 is 0 Å². The predicted octanol–water partition coefficient (Wildman–Crippen LogP) is 3.75. The van der Waals surface area contributed by atoms with Crippen molar-refractivity contribution in [1.29, 1.82) is 0 Å². The van der Waals surface area contributed by atoms with Crippen molar-refractivity contribution in [1.82, 2.24) is 0 Å². The second-order valence-corrected chi connectivity index (χ2v) is 6.59. The lowest BCUT2D eigenvalue weighted by Gasteiger charge is -2.34. The molecule has 1 fully saturated rings. The van der Waals surface area contributed by atoms with Crippen molar-refractivity contribution in [2.24, 2.45) is 17.3 Å². The van der Waals surface area contributed by atoms with Gasteiger partial charge in [-0.1, -0.05) is 56.2 Å². The topological polar surface area (TPSA) is 17.1 Å². The summed E-state index contributed by atoms with van der Waals surface area (Å²) in [4.78, 5) is 12.1. The summed E-state index contributed by atoms with van der Waals surface area (Å²) in [5.74, 6) is 1.10. The molecule has 2 bridgehead atoms. The largest absolute Gasteiger partial charge is 0.295 e. The smallest absolute Gasteiger partial charge is 0.156 e. The van der Waals surface area contributed by atoms with Gasteiger partial charge in [-0.3, -0.25) is 4.79 Å². The number of hydrogen-bond donors (Lipinski definition) is 0. The van der Waals surface area contributed by atoms with E-state index in [9.17, 15) is 4.79 Å². The van der Waals surface area contributed by atoms with Crippen LogP contribution in [0, 0.1) is 17.3 Å². The lowest BCUT2D eigenvalue weighted by atomic mass is 9.74. The van der Waals surface area contributed by atoms with Gasteiger partial charge in [-0.05, 0) is 19.3 Å². The maximum Gasteiger partial charge on any atom is 0.156 e. The minimum Gasteiger partial charge on any atom is -0.295 e. The van der Waals surface area contributed by atoms with Gasteiger partial charge in [0.25, 0.3) is 0 Å².